The van der Waals surface area contributed by atoms with Gasteiger partial charge in [0.15, 0.2) is 5.76 Å². The highest BCUT2D eigenvalue weighted by Gasteiger charge is 2.14. The summed E-state index contributed by atoms with van der Waals surface area (Å²) in [7, 11) is 0. The van der Waals surface area contributed by atoms with E-state index in [9.17, 15) is 4.79 Å². The summed E-state index contributed by atoms with van der Waals surface area (Å²) in [5.41, 5.74) is 2.47. The summed E-state index contributed by atoms with van der Waals surface area (Å²) in [5, 5.41) is 0.948. The first-order chi connectivity index (χ1) is 10.2. The molecule has 3 heteroatoms. The summed E-state index contributed by atoms with van der Waals surface area (Å²) < 4.78 is 11.0. The molecule has 0 atom stereocenters. The van der Waals surface area contributed by atoms with Gasteiger partial charge in [0.05, 0.1) is 6.61 Å². The van der Waals surface area contributed by atoms with Gasteiger partial charge in [0.1, 0.15) is 11.3 Å². The first-order valence-corrected chi connectivity index (χ1v) is 6.95. The van der Waals surface area contributed by atoms with Crippen molar-refractivity contribution in [1.82, 2.24) is 0 Å². The van der Waals surface area contributed by atoms with Crippen LogP contribution in [0.1, 0.15) is 28.6 Å². The molecule has 1 heterocycles. The van der Waals surface area contributed by atoms with Crippen LogP contribution < -0.4 is 4.74 Å². The smallest absolute Gasteiger partial charge is 0.228 e. The maximum Gasteiger partial charge on any atom is 0.228 e. The van der Waals surface area contributed by atoms with Crippen molar-refractivity contribution in [2.45, 2.75) is 13.8 Å². The molecule has 0 unspecified atom stereocenters. The van der Waals surface area contributed by atoms with E-state index >= 15 is 0 Å². The Hall–Kier alpha value is -2.55. The van der Waals surface area contributed by atoms with Gasteiger partial charge in [-0.1, -0.05) is 11.6 Å². The quantitative estimate of drug-likeness (QED) is 0.666. The fraction of sp³-hybridized carbons (Fsp3) is 0.167. The van der Waals surface area contributed by atoms with E-state index < -0.39 is 0 Å². The molecule has 2 aromatic carbocycles. The minimum Gasteiger partial charge on any atom is -0.494 e. The summed E-state index contributed by atoms with van der Waals surface area (Å²) in [6.45, 7) is 4.55. The van der Waals surface area contributed by atoms with Gasteiger partial charge in [-0.3, -0.25) is 4.79 Å². The molecule has 3 rings (SSSR count). The second-order valence-corrected chi connectivity index (χ2v) is 4.94. The average molecular weight is 280 g/mol. The normalized spacial score (nSPS) is 10.8. The Morgan fingerprint density at radius 3 is 2.57 bits per heavy atom. The Labute approximate surface area is 123 Å². The van der Waals surface area contributed by atoms with E-state index in [1.165, 1.54) is 0 Å². The maximum atomic E-state index is 12.4. The Morgan fingerprint density at radius 2 is 1.86 bits per heavy atom. The van der Waals surface area contributed by atoms with E-state index in [0.29, 0.717) is 17.9 Å². The standard InChI is InChI=1S/C18H16O3/c1-3-20-15-7-5-13(6-8-15)18(19)17-11-14-10-12(2)4-9-16(14)21-17/h4-11H,3H2,1-2H3. The van der Waals surface area contributed by atoms with Gasteiger partial charge < -0.3 is 9.15 Å². The molecular formula is C18H16O3. The first kappa shape index (κ1) is 13.4. The third kappa shape index (κ3) is 2.68. The predicted octanol–water partition coefficient (Wildman–Crippen LogP) is 4.37. The van der Waals surface area contributed by atoms with Gasteiger partial charge in [-0.2, -0.15) is 0 Å². The molecule has 0 amide bonds. The fourth-order valence-corrected chi connectivity index (χ4v) is 2.29. The van der Waals surface area contributed by atoms with Gasteiger partial charge in [-0.15, -0.1) is 0 Å². The highest BCUT2D eigenvalue weighted by molar-refractivity contribution is 6.09. The Balaban J connectivity index is 1.92. The lowest BCUT2D eigenvalue weighted by atomic mass is 10.1. The second kappa shape index (κ2) is 5.44. The van der Waals surface area contributed by atoms with Crippen molar-refractivity contribution >= 4 is 16.8 Å². The minimum atomic E-state index is -0.119. The van der Waals surface area contributed by atoms with E-state index in [2.05, 4.69) is 0 Å². The molecule has 0 spiro atoms. The summed E-state index contributed by atoms with van der Waals surface area (Å²) in [6.07, 6.45) is 0. The monoisotopic (exact) mass is 280 g/mol. The Bertz CT molecular complexity index is 782. The van der Waals surface area contributed by atoms with E-state index in [-0.39, 0.29) is 5.78 Å². The zero-order chi connectivity index (χ0) is 14.8. The van der Waals surface area contributed by atoms with Gasteiger partial charge in [-0.25, -0.2) is 0 Å². The van der Waals surface area contributed by atoms with Crippen molar-refractivity contribution in [3.05, 3.63) is 65.4 Å². The van der Waals surface area contributed by atoms with E-state index in [1.807, 2.05) is 32.0 Å². The van der Waals surface area contributed by atoms with Gasteiger partial charge in [0, 0.05) is 10.9 Å². The molecule has 0 fully saturated rings. The van der Waals surface area contributed by atoms with Crippen LogP contribution in [0.4, 0.5) is 0 Å². The number of ether oxygens (including phenoxy) is 1. The summed E-state index contributed by atoms with van der Waals surface area (Å²) in [5.74, 6) is 1.00. The summed E-state index contributed by atoms with van der Waals surface area (Å²) in [4.78, 5) is 12.4. The first-order valence-electron chi connectivity index (χ1n) is 6.95. The van der Waals surface area contributed by atoms with Crippen LogP contribution in [0.15, 0.2) is 52.9 Å². The number of carbonyl (C=O) groups is 1. The van der Waals surface area contributed by atoms with Crippen molar-refractivity contribution < 1.29 is 13.9 Å². The Kier molecular flexibility index (Phi) is 3.48. The summed E-state index contributed by atoms with van der Waals surface area (Å²) >= 11 is 0. The molecule has 21 heavy (non-hydrogen) atoms. The number of fused-ring (bicyclic) bond motifs is 1. The molecule has 0 saturated carbocycles. The lowest BCUT2D eigenvalue weighted by Gasteiger charge is -2.03. The number of aryl methyl sites for hydroxylation is 1. The molecule has 1 aromatic heterocycles. The molecule has 0 aliphatic heterocycles. The zero-order valence-electron chi connectivity index (χ0n) is 12.1. The van der Waals surface area contributed by atoms with Crippen LogP contribution in [0.25, 0.3) is 11.0 Å². The van der Waals surface area contributed by atoms with E-state index in [4.69, 9.17) is 9.15 Å². The molecule has 106 valence electrons. The summed E-state index contributed by atoms with van der Waals surface area (Å²) in [6, 6.07) is 14.8. The largest absolute Gasteiger partial charge is 0.494 e. The molecule has 0 N–H and O–H groups in total. The van der Waals surface area contributed by atoms with Crippen LogP contribution in [-0.2, 0) is 0 Å². The van der Waals surface area contributed by atoms with Crippen molar-refractivity contribution in [3.63, 3.8) is 0 Å². The molecule has 0 aliphatic rings. The van der Waals surface area contributed by atoms with Crippen LogP contribution in [0, 0.1) is 6.92 Å². The number of furan rings is 1. The van der Waals surface area contributed by atoms with Crippen molar-refractivity contribution in [1.29, 1.82) is 0 Å². The molecule has 0 radical (unpaired) electrons. The molecule has 3 aromatic rings. The molecular weight excluding hydrogens is 264 g/mol. The van der Waals surface area contributed by atoms with E-state index in [0.717, 1.165) is 22.3 Å². The third-order valence-corrected chi connectivity index (χ3v) is 3.32. The number of ketones is 1. The number of rotatable bonds is 4. The van der Waals surface area contributed by atoms with E-state index in [1.54, 1.807) is 30.3 Å². The van der Waals surface area contributed by atoms with Gasteiger partial charge >= 0.3 is 0 Å². The predicted molar refractivity (Wildman–Crippen MR) is 82.0 cm³/mol. The van der Waals surface area contributed by atoms with Crippen LogP contribution in [0.3, 0.4) is 0 Å². The Morgan fingerprint density at radius 1 is 1.10 bits per heavy atom. The number of benzene rings is 2. The molecule has 0 aliphatic carbocycles. The van der Waals surface area contributed by atoms with Gasteiger partial charge in [-0.05, 0) is 56.3 Å². The fourth-order valence-electron chi connectivity index (χ4n) is 2.29. The van der Waals surface area contributed by atoms with Crippen molar-refractivity contribution in [3.8, 4) is 5.75 Å². The second-order valence-electron chi connectivity index (χ2n) is 4.94. The lowest BCUT2D eigenvalue weighted by Crippen LogP contribution is -1.99. The van der Waals surface area contributed by atoms with Crippen molar-refractivity contribution in [2.75, 3.05) is 6.61 Å². The van der Waals surface area contributed by atoms with Gasteiger partial charge in [0.2, 0.25) is 5.78 Å². The minimum absolute atomic E-state index is 0.119. The molecule has 0 saturated heterocycles. The average Bonchev–Trinajstić information content (AvgIpc) is 2.90. The molecule has 3 nitrogen and oxygen atoms in total. The van der Waals surface area contributed by atoms with Crippen molar-refractivity contribution in [2.24, 2.45) is 0 Å². The maximum absolute atomic E-state index is 12.4. The number of hydrogen-bond acceptors (Lipinski definition) is 3. The lowest BCUT2D eigenvalue weighted by molar-refractivity contribution is 0.101. The van der Waals surface area contributed by atoms with Crippen LogP contribution >= 0.6 is 0 Å². The van der Waals surface area contributed by atoms with Crippen LogP contribution in [-0.4, -0.2) is 12.4 Å². The zero-order valence-corrected chi connectivity index (χ0v) is 12.1. The topological polar surface area (TPSA) is 39.4 Å². The van der Waals surface area contributed by atoms with Gasteiger partial charge in [0.25, 0.3) is 0 Å². The SMILES string of the molecule is CCOc1ccc(C(=O)c2cc3cc(C)ccc3o2)cc1. The van der Waals surface area contributed by atoms with Crippen LogP contribution in [0.2, 0.25) is 0 Å². The number of hydrogen-bond donors (Lipinski definition) is 0. The number of carbonyl (C=O) groups excluding carboxylic acids is 1. The highest BCUT2D eigenvalue weighted by Crippen LogP contribution is 2.23. The molecule has 0 bridgehead atoms. The highest BCUT2D eigenvalue weighted by atomic mass is 16.5. The van der Waals surface area contributed by atoms with Crippen LogP contribution in [0.5, 0.6) is 5.75 Å². The third-order valence-electron chi connectivity index (χ3n) is 3.32.